The number of aryl methyl sites for hydroxylation is 1. The minimum absolute atomic E-state index is 0. The van der Waals surface area contributed by atoms with Crippen molar-refractivity contribution in [3.05, 3.63) is 29.8 Å². The third-order valence-corrected chi connectivity index (χ3v) is 2.21. The number of carboxylic acid groups (broad SMARTS) is 1. The molecule has 0 fully saturated rings. The summed E-state index contributed by atoms with van der Waals surface area (Å²) in [5.74, 6) is -0.976. The van der Waals surface area contributed by atoms with Crippen molar-refractivity contribution in [3.8, 4) is 0 Å². The maximum absolute atomic E-state index is 10.3. The second-order valence-corrected chi connectivity index (χ2v) is 3.41. The van der Waals surface area contributed by atoms with Gasteiger partial charge in [0.15, 0.2) is 0 Å². The van der Waals surface area contributed by atoms with Crippen LogP contribution in [-0.4, -0.2) is 12.5 Å². The summed E-state index contributed by atoms with van der Waals surface area (Å²) in [7, 11) is 0. The second kappa shape index (κ2) is 9.19. The molecule has 0 heterocycles. The van der Waals surface area contributed by atoms with E-state index >= 15 is 0 Å². The summed E-state index contributed by atoms with van der Waals surface area (Å²) >= 11 is 0. The third-order valence-electron chi connectivity index (χ3n) is 2.21. The number of carboxylic acids is 1. The van der Waals surface area contributed by atoms with E-state index in [1.54, 1.807) is 0 Å². The van der Waals surface area contributed by atoms with Crippen molar-refractivity contribution in [2.45, 2.75) is 26.2 Å². The summed E-state index contributed by atoms with van der Waals surface area (Å²) in [6.45, 7) is 2.91. The van der Waals surface area contributed by atoms with Gasteiger partial charge in [-0.1, -0.05) is 18.2 Å². The molecule has 82 valence electrons. The molecule has 4 heteroatoms. The Kier molecular flexibility index (Phi) is 9.26. The zero-order chi connectivity index (χ0) is 11.1. The Morgan fingerprint density at radius 1 is 1.38 bits per heavy atom. The van der Waals surface area contributed by atoms with E-state index < -0.39 is 5.97 Å². The summed E-state index contributed by atoms with van der Waals surface area (Å²) in [5, 5.41) is 13.5. The molecule has 16 heavy (non-hydrogen) atoms. The molecular formula is C12H16KNO2. The van der Waals surface area contributed by atoms with E-state index in [9.17, 15) is 9.90 Å². The van der Waals surface area contributed by atoms with Crippen LogP contribution in [-0.2, 0) is 11.2 Å². The average molecular weight is 245 g/mol. The van der Waals surface area contributed by atoms with E-state index in [2.05, 4.69) is 5.32 Å². The molecule has 0 saturated heterocycles. The van der Waals surface area contributed by atoms with Crippen molar-refractivity contribution >= 4 is 11.7 Å². The first kappa shape index (κ1) is 16.1. The van der Waals surface area contributed by atoms with E-state index in [0.29, 0.717) is 6.42 Å². The fourth-order valence-corrected chi connectivity index (χ4v) is 1.52. The van der Waals surface area contributed by atoms with Gasteiger partial charge in [0.1, 0.15) is 0 Å². The van der Waals surface area contributed by atoms with Crippen LogP contribution in [0.2, 0.25) is 0 Å². The summed E-state index contributed by atoms with van der Waals surface area (Å²) in [5.41, 5.74) is 2.26. The molecule has 0 spiro atoms. The number of hydrogen-bond acceptors (Lipinski definition) is 3. The smallest absolute Gasteiger partial charge is 0.550 e. The summed E-state index contributed by atoms with van der Waals surface area (Å²) in [6.07, 6.45) is 1.53. The molecule has 1 N–H and O–H groups in total. The van der Waals surface area contributed by atoms with Crippen LogP contribution in [0.1, 0.15) is 25.3 Å². The molecule has 0 aliphatic rings. The van der Waals surface area contributed by atoms with Gasteiger partial charge in [-0.05, 0) is 37.8 Å². The molecule has 0 aromatic heterocycles. The van der Waals surface area contributed by atoms with E-state index in [1.165, 1.54) is 5.56 Å². The fourth-order valence-electron chi connectivity index (χ4n) is 1.52. The molecule has 1 aromatic carbocycles. The molecule has 0 radical (unpaired) electrons. The number of anilines is 1. The van der Waals surface area contributed by atoms with Crippen molar-refractivity contribution in [3.63, 3.8) is 0 Å². The monoisotopic (exact) mass is 245 g/mol. The molecular weight excluding hydrogens is 229 g/mol. The average Bonchev–Trinajstić information content (AvgIpc) is 2.20. The largest absolute Gasteiger partial charge is 1.00 e. The van der Waals surface area contributed by atoms with Crippen LogP contribution in [0.25, 0.3) is 0 Å². The Morgan fingerprint density at radius 2 is 2.06 bits per heavy atom. The Balaban J connectivity index is 0.00000225. The van der Waals surface area contributed by atoms with Crippen LogP contribution in [0.3, 0.4) is 0 Å². The zero-order valence-corrected chi connectivity index (χ0v) is 13.1. The number of nitrogens with one attached hydrogen (secondary N) is 1. The van der Waals surface area contributed by atoms with Gasteiger partial charge in [-0.3, -0.25) is 0 Å². The van der Waals surface area contributed by atoms with Crippen LogP contribution in [0.4, 0.5) is 5.69 Å². The minimum atomic E-state index is -0.976. The topological polar surface area (TPSA) is 52.2 Å². The van der Waals surface area contributed by atoms with Crippen LogP contribution >= 0.6 is 0 Å². The summed E-state index contributed by atoms with van der Waals surface area (Å²) in [4.78, 5) is 10.3. The van der Waals surface area contributed by atoms with Gasteiger partial charge in [0, 0.05) is 18.2 Å². The standard InChI is InChI=1S/C12H17NO2.K/c1-2-13-11-8-4-3-6-10(11)7-5-9-12(14)15;/h3-4,6,8,13H,2,5,7,9H2,1H3,(H,14,15);/q;+1/p-1. The van der Waals surface area contributed by atoms with Crippen LogP contribution in [0.5, 0.6) is 0 Å². The molecule has 3 nitrogen and oxygen atoms in total. The normalized spacial score (nSPS) is 9.31. The summed E-state index contributed by atoms with van der Waals surface area (Å²) < 4.78 is 0. The Morgan fingerprint density at radius 3 is 2.69 bits per heavy atom. The molecule has 0 aliphatic carbocycles. The van der Waals surface area contributed by atoms with Gasteiger partial charge in [0.2, 0.25) is 0 Å². The van der Waals surface area contributed by atoms with Crippen molar-refractivity contribution in [1.82, 2.24) is 0 Å². The third kappa shape index (κ3) is 6.01. The molecule has 0 amide bonds. The van der Waals surface area contributed by atoms with Crippen LogP contribution in [0.15, 0.2) is 24.3 Å². The number of hydrogen-bond donors (Lipinski definition) is 1. The van der Waals surface area contributed by atoms with Gasteiger partial charge in [-0.15, -0.1) is 0 Å². The molecule has 0 unspecified atom stereocenters. The zero-order valence-electron chi connectivity index (χ0n) is 9.95. The van der Waals surface area contributed by atoms with Gasteiger partial charge in [-0.2, -0.15) is 0 Å². The first-order valence-corrected chi connectivity index (χ1v) is 5.25. The van der Waals surface area contributed by atoms with E-state index in [-0.39, 0.29) is 57.8 Å². The van der Waals surface area contributed by atoms with Crippen LogP contribution < -0.4 is 61.8 Å². The van der Waals surface area contributed by atoms with E-state index in [4.69, 9.17) is 0 Å². The predicted octanol–water partition coefficient (Wildman–Crippen LogP) is -1.80. The first-order chi connectivity index (χ1) is 7.24. The Labute approximate surface area is 139 Å². The molecule has 0 saturated carbocycles. The van der Waals surface area contributed by atoms with Gasteiger partial charge >= 0.3 is 51.4 Å². The van der Waals surface area contributed by atoms with Crippen molar-refractivity contribution in [2.75, 3.05) is 11.9 Å². The molecule has 0 bridgehead atoms. The fraction of sp³-hybridized carbons (Fsp3) is 0.417. The minimum Gasteiger partial charge on any atom is -0.550 e. The number of rotatable bonds is 6. The van der Waals surface area contributed by atoms with Gasteiger partial charge < -0.3 is 15.2 Å². The maximum atomic E-state index is 10.3. The van der Waals surface area contributed by atoms with E-state index in [1.807, 2.05) is 31.2 Å². The Bertz CT molecular complexity index is 329. The van der Waals surface area contributed by atoms with Gasteiger partial charge in [-0.25, -0.2) is 0 Å². The molecule has 1 aromatic rings. The summed E-state index contributed by atoms with van der Waals surface area (Å²) in [6, 6.07) is 7.97. The van der Waals surface area contributed by atoms with Gasteiger partial charge in [0.05, 0.1) is 0 Å². The molecule has 1 rings (SSSR count). The van der Waals surface area contributed by atoms with Crippen molar-refractivity contribution in [2.24, 2.45) is 0 Å². The SMILES string of the molecule is CCNc1ccccc1CCCC(=O)[O-].[K+]. The van der Waals surface area contributed by atoms with Crippen LogP contribution in [0, 0.1) is 0 Å². The first-order valence-electron chi connectivity index (χ1n) is 5.25. The van der Waals surface area contributed by atoms with E-state index in [0.717, 1.165) is 18.7 Å². The number of carbonyl (C=O) groups is 1. The quantitative estimate of drug-likeness (QED) is 0.601. The number of benzene rings is 1. The van der Waals surface area contributed by atoms with Crippen molar-refractivity contribution < 1.29 is 61.3 Å². The molecule has 0 atom stereocenters. The molecule has 0 aliphatic heterocycles. The van der Waals surface area contributed by atoms with Crippen molar-refractivity contribution in [1.29, 1.82) is 0 Å². The maximum Gasteiger partial charge on any atom is 1.00 e. The number of aliphatic carboxylic acids is 1. The second-order valence-electron chi connectivity index (χ2n) is 3.41. The van der Waals surface area contributed by atoms with Gasteiger partial charge in [0.25, 0.3) is 0 Å². The number of para-hydroxylation sites is 1. The predicted molar refractivity (Wildman–Crippen MR) is 58.6 cm³/mol. The number of carbonyl (C=O) groups excluding carboxylic acids is 1. The Hall–Kier alpha value is 0.126.